The van der Waals surface area contributed by atoms with Gasteiger partial charge < -0.3 is 9.84 Å². The zero-order chi connectivity index (χ0) is 17.7. The van der Waals surface area contributed by atoms with Crippen molar-refractivity contribution in [1.29, 1.82) is 0 Å². The molecule has 1 atom stereocenters. The maximum absolute atomic E-state index is 11.8. The Bertz CT molecular complexity index is 664. The van der Waals surface area contributed by atoms with Gasteiger partial charge in [-0.25, -0.2) is 0 Å². The van der Waals surface area contributed by atoms with Gasteiger partial charge in [0.25, 0.3) is 0 Å². The van der Waals surface area contributed by atoms with Crippen molar-refractivity contribution >= 4 is 5.97 Å². The zero-order valence-corrected chi connectivity index (χ0v) is 14.6. The van der Waals surface area contributed by atoms with Crippen molar-refractivity contribution in [3.8, 4) is 5.75 Å². The van der Waals surface area contributed by atoms with Gasteiger partial charge in [-0.3, -0.25) is 14.4 Å². The van der Waals surface area contributed by atoms with E-state index in [0.29, 0.717) is 6.54 Å². The van der Waals surface area contributed by atoms with E-state index in [9.17, 15) is 9.90 Å². The molecule has 2 rings (SSSR count). The molecule has 0 amide bonds. The van der Waals surface area contributed by atoms with Crippen LogP contribution in [-0.2, 0) is 17.9 Å². The first-order valence-corrected chi connectivity index (χ1v) is 8.11. The molecule has 6 nitrogen and oxygen atoms in total. The van der Waals surface area contributed by atoms with E-state index in [1.54, 1.807) is 18.1 Å². The van der Waals surface area contributed by atoms with Crippen LogP contribution in [0.25, 0.3) is 0 Å². The Labute approximate surface area is 142 Å². The molecule has 1 aromatic carbocycles. The minimum atomic E-state index is -0.877. The number of nitrogens with zero attached hydrogens (tertiary/aromatic N) is 3. The lowest BCUT2D eigenvalue weighted by atomic mass is 10.1. The molecule has 130 valence electrons. The fourth-order valence-electron chi connectivity index (χ4n) is 2.63. The molecule has 0 saturated carbocycles. The third-order valence-corrected chi connectivity index (χ3v) is 3.69. The highest BCUT2D eigenvalue weighted by atomic mass is 16.5. The number of aryl methyl sites for hydroxylation is 1. The Morgan fingerprint density at radius 2 is 2.00 bits per heavy atom. The number of carboxylic acids is 1. The van der Waals surface area contributed by atoms with Crippen LogP contribution in [0.4, 0.5) is 0 Å². The second-order valence-corrected chi connectivity index (χ2v) is 6.10. The minimum Gasteiger partial charge on any atom is -0.491 e. The number of likely N-dealkylation sites (N-methyl/N-ethyl adjacent to an activating group) is 1. The molecule has 0 spiro atoms. The molecule has 1 N–H and O–H groups in total. The van der Waals surface area contributed by atoms with Crippen molar-refractivity contribution in [2.75, 3.05) is 7.05 Å². The highest BCUT2D eigenvalue weighted by molar-refractivity contribution is 5.75. The van der Waals surface area contributed by atoms with E-state index in [1.165, 1.54) is 0 Å². The molecule has 6 heteroatoms. The monoisotopic (exact) mass is 331 g/mol. The summed E-state index contributed by atoms with van der Waals surface area (Å²) in [6, 6.07) is 6.52. The largest absolute Gasteiger partial charge is 0.491 e. The van der Waals surface area contributed by atoms with Crippen molar-refractivity contribution in [1.82, 2.24) is 14.7 Å². The molecule has 1 aromatic heterocycles. The van der Waals surface area contributed by atoms with Crippen LogP contribution >= 0.6 is 0 Å². The molecule has 1 heterocycles. The van der Waals surface area contributed by atoms with Gasteiger partial charge in [-0.15, -0.1) is 0 Å². The van der Waals surface area contributed by atoms with Gasteiger partial charge in [0.2, 0.25) is 0 Å². The Hall–Kier alpha value is -2.34. The second kappa shape index (κ2) is 7.97. The predicted molar refractivity (Wildman–Crippen MR) is 92.0 cm³/mol. The molecule has 0 radical (unpaired) electrons. The fraction of sp³-hybridized carbons (Fsp3) is 0.444. The molecular weight excluding hydrogens is 306 g/mol. The number of aliphatic carboxylic acids is 1. The number of hydrogen-bond acceptors (Lipinski definition) is 4. The molecule has 0 bridgehead atoms. The number of carboxylic acid groups (broad SMARTS) is 1. The normalized spacial score (nSPS) is 12.6. The van der Waals surface area contributed by atoms with Gasteiger partial charge in [-0.05, 0) is 45.5 Å². The Morgan fingerprint density at radius 1 is 1.33 bits per heavy atom. The second-order valence-electron chi connectivity index (χ2n) is 6.10. The average Bonchev–Trinajstić information content (AvgIpc) is 2.96. The third-order valence-electron chi connectivity index (χ3n) is 3.69. The van der Waals surface area contributed by atoms with Crippen LogP contribution in [0.5, 0.6) is 5.75 Å². The Kier molecular flexibility index (Phi) is 5.98. The summed E-state index contributed by atoms with van der Waals surface area (Å²) < 4.78 is 7.44. The molecule has 2 aromatic rings. The van der Waals surface area contributed by atoms with Crippen molar-refractivity contribution in [3.05, 3.63) is 47.8 Å². The summed E-state index contributed by atoms with van der Waals surface area (Å²) in [4.78, 5) is 13.6. The van der Waals surface area contributed by atoms with Crippen LogP contribution in [0.1, 0.15) is 37.9 Å². The highest BCUT2D eigenvalue weighted by Crippen LogP contribution is 2.24. The number of carbonyl (C=O) groups is 1. The van der Waals surface area contributed by atoms with E-state index in [0.717, 1.165) is 23.4 Å². The topological polar surface area (TPSA) is 67.6 Å². The van der Waals surface area contributed by atoms with E-state index in [2.05, 4.69) is 5.10 Å². The first-order chi connectivity index (χ1) is 11.4. The summed E-state index contributed by atoms with van der Waals surface area (Å²) in [5.41, 5.74) is 1.72. The highest BCUT2D eigenvalue weighted by Gasteiger charge is 2.25. The quantitative estimate of drug-likeness (QED) is 0.805. The third kappa shape index (κ3) is 4.58. The van der Waals surface area contributed by atoms with E-state index >= 15 is 0 Å². The molecule has 24 heavy (non-hydrogen) atoms. The van der Waals surface area contributed by atoms with Gasteiger partial charge in [-0.1, -0.05) is 12.1 Å². The standard InChI is InChI=1S/C18H25N3O3/c1-5-21-12-14(10-19-21)11-20(4)17(18(22)23)15-6-8-16(9-7-15)24-13(2)3/h6-10,12-13,17H,5,11H2,1-4H3,(H,22,23). The molecule has 0 aliphatic heterocycles. The van der Waals surface area contributed by atoms with Crippen molar-refractivity contribution in [2.24, 2.45) is 0 Å². The van der Waals surface area contributed by atoms with Gasteiger partial charge in [0.1, 0.15) is 11.8 Å². The van der Waals surface area contributed by atoms with Crippen LogP contribution in [0, 0.1) is 0 Å². The van der Waals surface area contributed by atoms with Crippen molar-refractivity contribution < 1.29 is 14.6 Å². The van der Waals surface area contributed by atoms with Crippen LogP contribution in [0.3, 0.4) is 0 Å². The first-order valence-electron chi connectivity index (χ1n) is 8.11. The molecule has 0 aliphatic carbocycles. The predicted octanol–water partition coefficient (Wildman–Crippen LogP) is 2.95. The number of ether oxygens (including phenoxy) is 1. The summed E-state index contributed by atoms with van der Waals surface area (Å²) >= 11 is 0. The zero-order valence-electron chi connectivity index (χ0n) is 14.6. The molecule has 1 unspecified atom stereocenters. The lowest BCUT2D eigenvalue weighted by Crippen LogP contribution is -2.30. The lowest BCUT2D eigenvalue weighted by molar-refractivity contribution is -0.143. The van der Waals surface area contributed by atoms with E-state index in [1.807, 2.05) is 55.9 Å². The number of hydrogen-bond donors (Lipinski definition) is 1. The maximum atomic E-state index is 11.8. The maximum Gasteiger partial charge on any atom is 0.325 e. The average molecular weight is 331 g/mol. The SMILES string of the molecule is CCn1cc(CN(C)C(C(=O)O)c2ccc(OC(C)C)cc2)cn1. The molecule has 0 aliphatic rings. The number of benzene rings is 1. The van der Waals surface area contributed by atoms with Crippen molar-refractivity contribution in [3.63, 3.8) is 0 Å². The van der Waals surface area contributed by atoms with Gasteiger partial charge in [0.15, 0.2) is 0 Å². The van der Waals surface area contributed by atoms with E-state index < -0.39 is 12.0 Å². The first kappa shape index (κ1) is 18.0. The molecular formula is C18H25N3O3. The number of rotatable bonds is 8. The smallest absolute Gasteiger partial charge is 0.325 e. The van der Waals surface area contributed by atoms with Crippen LogP contribution in [-0.4, -0.2) is 38.9 Å². The van der Waals surface area contributed by atoms with E-state index in [4.69, 9.17) is 4.74 Å². The summed E-state index contributed by atoms with van der Waals surface area (Å²) in [5, 5.41) is 13.9. The van der Waals surface area contributed by atoms with Gasteiger partial charge >= 0.3 is 5.97 Å². The van der Waals surface area contributed by atoms with E-state index in [-0.39, 0.29) is 6.10 Å². The summed E-state index contributed by atoms with van der Waals surface area (Å²) in [7, 11) is 1.81. The summed E-state index contributed by atoms with van der Waals surface area (Å²) in [6.07, 6.45) is 3.80. The van der Waals surface area contributed by atoms with Gasteiger partial charge in [0, 0.05) is 24.8 Å². The summed E-state index contributed by atoms with van der Waals surface area (Å²) in [6.45, 7) is 7.24. The van der Waals surface area contributed by atoms with Crippen molar-refractivity contribution in [2.45, 2.75) is 46.0 Å². The number of aromatic nitrogens is 2. The van der Waals surface area contributed by atoms with Crippen LogP contribution in [0.15, 0.2) is 36.7 Å². The molecule has 0 fully saturated rings. The summed E-state index contributed by atoms with van der Waals surface area (Å²) in [5.74, 6) is -0.136. The molecule has 0 saturated heterocycles. The van der Waals surface area contributed by atoms with Crippen LogP contribution < -0.4 is 4.74 Å². The van der Waals surface area contributed by atoms with Gasteiger partial charge in [0.05, 0.1) is 12.3 Å². The Balaban J connectivity index is 2.14. The Morgan fingerprint density at radius 3 is 2.50 bits per heavy atom. The minimum absolute atomic E-state index is 0.0869. The van der Waals surface area contributed by atoms with Gasteiger partial charge in [-0.2, -0.15) is 5.10 Å². The van der Waals surface area contributed by atoms with Crippen LogP contribution in [0.2, 0.25) is 0 Å². The fourth-order valence-corrected chi connectivity index (χ4v) is 2.63. The lowest BCUT2D eigenvalue weighted by Gasteiger charge is -2.24.